The number of carbonyl (C=O) groups excluding carboxylic acids is 1. The van der Waals surface area contributed by atoms with Crippen molar-refractivity contribution < 1.29 is 17.9 Å². The fourth-order valence-corrected chi connectivity index (χ4v) is 2.97. The molecule has 0 atom stereocenters. The summed E-state index contributed by atoms with van der Waals surface area (Å²) in [5.74, 6) is -0.433. The molecule has 1 amide bonds. The van der Waals surface area contributed by atoms with Gasteiger partial charge in [0, 0.05) is 13.7 Å². The topological polar surface area (TPSA) is 111 Å². The van der Waals surface area contributed by atoms with Crippen LogP contribution in [0.2, 0.25) is 0 Å². The lowest BCUT2D eigenvalue weighted by molar-refractivity contribution is -0.120. The Labute approximate surface area is 118 Å². The van der Waals surface area contributed by atoms with Crippen LogP contribution in [0.25, 0.3) is 0 Å². The van der Waals surface area contributed by atoms with Crippen LogP contribution in [0.3, 0.4) is 0 Å². The summed E-state index contributed by atoms with van der Waals surface area (Å²) in [4.78, 5) is 11.4. The van der Waals surface area contributed by atoms with Crippen molar-refractivity contribution in [1.82, 2.24) is 10.0 Å². The third-order valence-corrected chi connectivity index (χ3v) is 4.18. The number of hydrogen-bond donors (Lipinski definition) is 3. The fourth-order valence-electron chi connectivity index (χ4n) is 1.63. The Hall–Kier alpha value is -1.64. The van der Waals surface area contributed by atoms with Crippen molar-refractivity contribution in [2.45, 2.75) is 11.8 Å². The van der Waals surface area contributed by atoms with Gasteiger partial charge in [0.2, 0.25) is 15.9 Å². The van der Waals surface area contributed by atoms with Gasteiger partial charge >= 0.3 is 0 Å². The van der Waals surface area contributed by atoms with Gasteiger partial charge in [-0.1, -0.05) is 12.1 Å². The number of sulfonamides is 1. The number of ether oxygens (including phenoxy) is 1. The van der Waals surface area contributed by atoms with Crippen molar-refractivity contribution >= 4 is 21.6 Å². The van der Waals surface area contributed by atoms with E-state index < -0.39 is 15.9 Å². The van der Waals surface area contributed by atoms with Gasteiger partial charge in [0.15, 0.2) is 0 Å². The van der Waals surface area contributed by atoms with Crippen LogP contribution in [0.5, 0.6) is 0 Å². The Kier molecular flexibility index (Phi) is 5.93. The molecule has 0 aromatic heterocycles. The number of nitrogens with two attached hydrogens (primary N) is 1. The quantitative estimate of drug-likeness (QED) is 0.469. The first-order valence-corrected chi connectivity index (χ1v) is 7.47. The molecule has 1 rings (SSSR count). The van der Waals surface area contributed by atoms with E-state index in [0.29, 0.717) is 18.7 Å². The molecule has 0 saturated heterocycles. The number of aryl methyl sites for hydroxylation is 1. The number of amides is 1. The fraction of sp³-hybridized carbons (Fsp3) is 0.417. The molecule has 0 aliphatic heterocycles. The molecule has 8 heteroatoms. The zero-order valence-corrected chi connectivity index (χ0v) is 12.3. The Morgan fingerprint density at radius 1 is 1.40 bits per heavy atom. The van der Waals surface area contributed by atoms with Gasteiger partial charge in [-0.15, -0.1) is 0 Å². The van der Waals surface area contributed by atoms with E-state index in [-0.39, 0.29) is 17.1 Å². The average molecular weight is 301 g/mol. The molecule has 0 aliphatic carbocycles. The Morgan fingerprint density at radius 2 is 2.10 bits per heavy atom. The lowest BCUT2D eigenvalue weighted by Gasteiger charge is -2.11. The van der Waals surface area contributed by atoms with Crippen LogP contribution in [0.4, 0.5) is 5.69 Å². The SMILES string of the molecule is COCCNC(=O)CNS(=O)(=O)c1c(C)cccc1N. The van der Waals surface area contributed by atoms with E-state index in [9.17, 15) is 13.2 Å². The third kappa shape index (κ3) is 4.48. The molecule has 0 radical (unpaired) electrons. The van der Waals surface area contributed by atoms with Gasteiger partial charge in [0.1, 0.15) is 4.90 Å². The number of rotatable bonds is 7. The summed E-state index contributed by atoms with van der Waals surface area (Å²) in [5, 5.41) is 2.51. The van der Waals surface area contributed by atoms with Gasteiger partial charge in [-0.2, -0.15) is 0 Å². The molecular formula is C12H19N3O4S. The molecule has 7 nitrogen and oxygen atoms in total. The number of methoxy groups -OCH3 is 1. The van der Waals surface area contributed by atoms with Crippen LogP contribution in [-0.2, 0) is 19.6 Å². The van der Waals surface area contributed by atoms with Crippen LogP contribution in [0, 0.1) is 6.92 Å². The zero-order chi connectivity index (χ0) is 15.2. The molecule has 112 valence electrons. The van der Waals surface area contributed by atoms with E-state index in [1.807, 2.05) is 0 Å². The van der Waals surface area contributed by atoms with Gasteiger partial charge in [-0.05, 0) is 18.6 Å². The maximum absolute atomic E-state index is 12.1. The summed E-state index contributed by atoms with van der Waals surface area (Å²) in [6, 6.07) is 4.81. The van der Waals surface area contributed by atoms with E-state index in [0.717, 1.165) is 0 Å². The smallest absolute Gasteiger partial charge is 0.243 e. The van der Waals surface area contributed by atoms with Crippen molar-refractivity contribution in [1.29, 1.82) is 0 Å². The second-order valence-electron chi connectivity index (χ2n) is 4.16. The van der Waals surface area contributed by atoms with E-state index in [4.69, 9.17) is 10.5 Å². The molecule has 1 aromatic carbocycles. The highest BCUT2D eigenvalue weighted by Gasteiger charge is 2.20. The Balaban J connectivity index is 2.69. The van der Waals surface area contributed by atoms with Crippen LogP contribution < -0.4 is 15.8 Å². The normalized spacial score (nSPS) is 11.3. The van der Waals surface area contributed by atoms with Crippen molar-refractivity contribution in [3.8, 4) is 0 Å². The predicted molar refractivity (Wildman–Crippen MR) is 75.7 cm³/mol. The first-order chi connectivity index (χ1) is 9.38. The number of nitrogens with one attached hydrogen (secondary N) is 2. The highest BCUT2D eigenvalue weighted by atomic mass is 32.2. The Bertz CT molecular complexity index is 552. The lowest BCUT2D eigenvalue weighted by Crippen LogP contribution is -2.38. The molecule has 20 heavy (non-hydrogen) atoms. The summed E-state index contributed by atoms with van der Waals surface area (Å²) < 4.78 is 31.2. The minimum Gasteiger partial charge on any atom is -0.398 e. The monoisotopic (exact) mass is 301 g/mol. The van der Waals surface area contributed by atoms with Crippen molar-refractivity contribution in [3.05, 3.63) is 23.8 Å². The predicted octanol–water partition coefficient (Wildman–Crippen LogP) is -0.382. The molecular weight excluding hydrogens is 282 g/mol. The number of benzene rings is 1. The van der Waals surface area contributed by atoms with Crippen molar-refractivity contribution in [2.75, 3.05) is 32.5 Å². The molecule has 1 aromatic rings. The molecule has 0 fully saturated rings. The van der Waals surface area contributed by atoms with Crippen LogP contribution >= 0.6 is 0 Å². The first-order valence-electron chi connectivity index (χ1n) is 5.99. The average Bonchev–Trinajstić information content (AvgIpc) is 2.36. The largest absolute Gasteiger partial charge is 0.398 e. The third-order valence-electron chi connectivity index (χ3n) is 2.56. The molecule has 0 spiro atoms. The zero-order valence-electron chi connectivity index (χ0n) is 11.5. The summed E-state index contributed by atoms with van der Waals surface area (Å²) in [6.07, 6.45) is 0. The van der Waals surface area contributed by atoms with E-state index in [2.05, 4.69) is 10.0 Å². The Morgan fingerprint density at radius 3 is 2.70 bits per heavy atom. The van der Waals surface area contributed by atoms with Gasteiger partial charge in [-0.3, -0.25) is 4.79 Å². The van der Waals surface area contributed by atoms with Gasteiger partial charge in [0.05, 0.1) is 18.8 Å². The molecule has 0 aliphatic rings. The minimum atomic E-state index is -3.81. The van der Waals surface area contributed by atoms with Crippen LogP contribution in [0.1, 0.15) is 5.56 Å². The van der Waals surface area contributed by atoms with E-state index >= 15 is 0 Å². The first kappa shape index (κ1) is 16.4. The minimum absolute atomic E-state index is 0.00434. The van der Waals surface area contributed by atoms with Crippen molar-refractivity contribution in [3.63, 3.8) is 0 Å². The van der Waals surface area contributed by atoms with Gasteiger partial charge < -0.3 is 15.8 Å². The number of hydrogen-bond acceptors (Lipinski definition) is 5. The molecule has 0 saturated carbocycles. The maximum atomic E-state index is 12.1. The molecule has 0 unspecified atom stereocenters. The van der Waals surface area contributed by atoms with E-state index in [1.165, 1.54) is 13.2 Å². The highest BCUT2D eigenvalue weighted by molar-refractivity contribution is 7.89. The highest BCUT2D eigenvalue weighted by Crippen LogP contribution is 2.21. The van der Waals surface area contributed by atoms with Crippen molar-refractivity contribution in [2.24, 2.45) is 0 Å². The van der Waals surface area contributed by atoms with Crippen LogP contribution in [0.15, 0.2) is 23.1 Å². The number of carbonyl (C=O) groups is 1. The molecule has 0 heterocycles. The second-order valence-corrected chi connectivity index (χ2v) is 5.86. The maximum Gasteiger partial charge on any atom is 0.243 e. The van der Waals surface area contributed by atoms with E-state index in [1.54, 1.807) is 19.1 Å². The second kappa shape index (κ2) is 7.22. The summed E-state index contributed by atoms with van der Waals surface area (Å²) in [7, 11) is -2.30. The summed E-state index contributed by atoms with van der Waals surface area (Å²) in [5.41, 5.74) is 6.35. The summed E-state index contributed by atoms with van der Waals surface area (Å²) in [6.45, 7) is 1.98. The summed E-state index contributed by atoms with van der Waals surface area (Å²) >= 11 is 0. The number of nitrogen functional groups attached to an aromatic ring is 1. The molecule has 0 bridgehead atoms. The number of anilines is 1. The standard InChI is InChI=1S/C12H19N3O4S/c1-9-4-3-5-10(13)12(9)20(17,18)15-8-11(16)14-6-7-19-2/h3-5,15H,6-8,13H2,1-2H3,(H,14,16). The van der Waals surface area contributed by atoms with Crippen LogP contribution in [-0.4, -0.2) is 41.1 Å². The molecule has 4 N–H and O–H groups in total. The van der Waals surface area contributed by atoms with Gasteiger partial charge in [-0.25, -0.2) is 13.1 Å². The van der Waals surface area contributed by atoms with Gasteiger partial charge in [0.25, 0.3) is 0 Å². The lowest BCUT2D eigenvalue weighted by atomic mass is 10.2.